The van der Waals surface area contributed by atoms with Gasteiger partial charge in [0.15, 0.2) is 0 Å². The Labute approximate surface area is 120 Å². The number of amides is 1. The molecule has 3 N–H and O–H groups in total. The first kappa shape index (κ1) is 17.4. The van der Waals surface area contributed by atoms with Crippen molar-refractivity contribution in [2.24, 2.45) is 5.92 Å². The first-order chi connectivity index (χ1) is 9.34. The SMILES string of the molecule is Cc1cc(N)c(Cl)cc1NC(=O)C(C(F)(F)F)C(F)(F)F. The van der Waals surface area contributed by atoms with Crippen LogP contribution < -0.4 is 11.1 Å². The molecule has 0 aromatic heterocycles. The number of carbonyl (C=O) groups is 1. The molecule has 10 heteroatoms. The van der Waals surface area contributed by atoms with Crippen molar-refractivity contribution in [2.45, 2.75) is 19.3 Å². The minimum Gasteiger partial charge on any atom is -0.398 e. The number of aryl methyl sites for hydroxylation is 1. The third-order valence-electron chi connectivity index (χ3n) is 2.52. The Bertz CT molecular complexity index is 541. The second kappa shape index (κ2) is 5.63. The molecule has 1 aromatic carbocycles. The van der Waals surface area contributed by atoms with Crippen molar-refractivity contribution < 1.29 is 31.1 Å². The lowest BCUT2D eigenvalue weighted by molar-refractivity contribution is -0.272. The Kier molecular flexibility index (Phi) is 4.66. The molecule has 0 aliphatic rings. The number of benzene rings is 1. The van der Waals surface area contributed by atoms with E-state index in [1.807, 2.05) is 0 Å². The van der Waals surface area contributed by atoms with Gasteiger partial charge in [0.2, 0.25) is 11.8 Å². The number of halogens is 7. The topological polar surface area (TPSA) is 55.1 Å². The van der Waals surface area contributed by atoms with Crippen molar-refractivity contribution in [3.63, 3.8) is 0 Å². The van der Waals surface area contributed by atoms with Crippen LogP contribution in [0.3, 0.4) is 0 Å². The maximum absolute atomic E-state index is 12.4. The fourth-order valence-electron chi connectivity index (χ4n) is 1.53. The molecule has 0 heterocycles. The molecule has 0 aliphatic carbocycles. The molecule has 0 atom stereocenters. The van der Waals surface area contributed by atoms with Crippen molar-refractivity contribution >= 4 is 28.9 Å². The summed E-state index contributed by atoms with van der Waals surface area (Å²) in [4.78, 5) is 11.3. The van der Waals surface area contributed by atoms with E-state index >= 15 is 0 Å². The lowest BCUT2D eigenvalue weighted by Gasteiger charge is -2.22. The molecule has 21 heavy (non-hydrogen) atoms. The third kappa shape index (κ3) is 4.16. The van der Waals surface area contributed by atoms with Gasteiger partial charge in [0.05, 0.1) is 10.7 Å². The number of nitrogens with one attached hydrogen (secondary N) is 1. The minimum absolute atomic E-state index is 0.0790. The van der Waals surface area contributed by atoms with Gasteiger partial charge in [0.1, 0.15) is 0 Å². The lowest BCUT2D eigenvalue weighted by atomic mass is 10.1. The van der Waals surface area contributed by atoms with Crippen LogP contribution in [0.1, 0.15) is 5.56 Å². The van der Waals surface area contributed by atoms with Crippen molar-refractivity contribution in [1.29, 1.82) is 0 Å². The van der Waals surface area contributed by atoms with E-state index < -0.39 is 24.2 Å². The molecular formula is C11H9ClF6N2O. The summed E-state index contributed by atoms with van der Waals surface area (Å²) in [5, 5.41) is 1.47. The molecule has 0 saturated heterocycles. The summed E-state index contributed by atoms with van der Waals surface area (Å²) in [5.74, 6) is -6.36. The minimum atomic E-state index is -5.76. The average molecular weight is 335 g/mol. The lowest BCUT2D eigenvalue weighted by Crippen LogP contribution is -2.45. The number of rotatable bonds is 2. The highest BCUT2D eigenvalue weighted by Gasteiger charge is 2.61. The van der Waals surface area contributed by atoms with Gasteiger partial charge in [-0.05, 0) is 24.6 Å². The summed E-state index contributed by atoms with van der Waals surface area (Å²) in [6.07, 6.45) is -11.5. The molecule has 0 radical (unpaired) electrons. The number of carbonyl (C=O) groups excluding carboxylic acids is 1. The molecule has 3 nitrogen and oxygen atoms in total. The van der Waals surface area contributed by atoms with Crippen molar-refractivity contribution in [3.8, 4) is 0 Å². The highest BCUT2D eigenvalue weighted by atomic mass is 35.5. The van der Waals surface area contributed by atoms with E-state index in [0.29, 0.717) is 0 Å². The van der Waals surface area contributed by atoms with Crippen molar-refractivity contribution in [2.75, 3.05) is 11.1 Å². The number of nitrogen functional groups attached to an aromatic ring is 1. The maximum atomic E-state index is 12.4. The highest BCUT2D eigenvalue weighted by molar-refractivity contribution is 6.33. The zero-order chi connectivity index (χ0) is 16.6. The second-order valence-electron chi connectivity index (χ2n) is 4.19. The standard InChI is InChI=1S/C11H9ClF6N2O/c1-4-2-6(19)5(12)3-7(4)20-9(21)8(10(13,14)15)11(16,17)18/h2-3,8H,19H2,1H3,(H,20,21). The first-order valence-electron chi connectivity index (χ1n) is 5.34. The Morgan fingerprint density at radius 2 is 1.67 bits per heavy atom. The average Bonchev–Trinajstić information content (AvgIpc) is 2.21. The van der Waals surface area contributed by atoms with Crippen LogP contribution in [0.5, 0.6) is 0 Å². The van der Waals surface area contributed by atoms with Crippen LogP contribution in [0.4, 0.5) is 37.7 Å². The summed E-state index contributed by atoms with van der Waals surface area (Å²) < 4.78 is 74.3. The van der Waals surface area contributed by atoms with Crippen LogP contribution in [0.25, 0.3) is 0 Å². The number of alkyl halides is 6. The van der Waals surface area contributed by atoms with E-state index in [2.05, 4.69) is 0 Å². The van der Waals surface area contributed by atoms with Crippen LogP contribution in [0.2, 0.25) is 5.02 Å². The highest BCUT2D eigenvalue weighted by Crippen LogP contribution is 2.40. The van der Waals surface area contributed by atoms with Crippen LogP contribution in [-0.4, -0.2) is 18.3 Å². The summed E-state index contributed by atoms with van der Waals surface area (Å²) in [5.41, 5.74) is 5.39. The molecule has 1 aromatic rings. The number of nitrogens with two attached hydrogens (primary N) is 1. The molecule has 0 spiro atoms. The van der Waals surface area contributed by atoms with Gasteiger partial charge in [0.25, 0.3) is 0 Å². The molecule has 1 rings (SSSR count). The number of hydrogen-bond acceptors (Lipinski definition) is 2. The Morgan fingerprint density at radius 1 is 1.19 bits per heavy atom. The van der Waals surface area contributed by atoms with Crippen LogP contribution in [-0.2, 0) is 4.79 Å². The quantitative estimate of drug-likeness (QED) is 0.636. The van der Waals surface area contributed by atoms with Crippen LogP contribution in [0.15, 0.2) is 12.1 Å². The van der Waals surface area contributed by atoms with E-state index in [0.717, 1.165) is 6.07 Å². The third-order valence-corrected chi connectivity index (χ3v) is 2.85. The monoisotopic (exact) mass is 334 g/mol. The van der Waals surface area contributed by atoms with Gasteiger partial charge in [0, 0.05) is 5.69 Å². The molecule has 1 amide bonds. The molecule has 0 unspecified atom stereocenters. The number of hydrogen-bond donors (Lipinski definition) is 2. The van der Waals surface area contributed by atoms with E-state index in [1.54, 1.807) is 5.32 Å². The fourth-order valence-corrected chi connectivity index (χ4v) is 1.69. The second-order valence-corrected chi connectivity index (χ2v) is 4.60. The van der Waals surface area contributed by atoms with Gasteiger partial charge < -0.3 is 11.1 Å². The van der Waals surface area contributed by atoms with Gasteiger partial charge in [-0.15, -0.1) is 0 Å². The fraction of sp³-hybridized carbons (Fsp3) is 0.364. The molecule has 0 aliphatic heterocycles. The number of anilines is 2. The molecular weight excluding hydrogens is 326 g/mol. The van der Waals surface area contributed by atoms with Crippen molar-refractivity contribution in [3.05, 3.63) is 22.7 Å². The normalized spacial score (nSPS) is 12.6. The molecule has 118 valence electrons. The van der Waals surface area contributed by atoms with Gasteiger partial charge in [-0.25, -0.2) is 0 Å². The summed E-state index contributed by atoms with van der Waals surface area (Å²) >= 11 is 5.61. The zero-order valence-electron chi connectivity index (χ0n) is 10.4. The Morgan fingerprint density at radius 3 is 2.10 bits per heavy atom. The van der Waals surface area contributed by atoms with Crippen LogP contribution >= 0.6 is 11.6 Å². The van der Waals surface area contributed by atoms with Gasteiger partial charge in [-0.3, -0.25) is 4.79 Å². The Hall–Kier alpha value is -1.64. The van der Waals surface area contributed by atoms with E-state index in [-0.39, 0.29) is 22.0 Å². The van der Waals surface area contributed by atoms with Gasteiger partial charge >= 0.3 is 12.4 Å². The predicted octanol–water partition coefficient (Wildman–Crippen LogP) is 3.91. The van der Waals surface area contributed by atoms with Gasteiger partial charge in [-0.1, -0.05) is 11.6 Å². The smallest absolute Gasteiger partial charge is 0.398 e. The van der Waals surface area contributed by atoms with Crippen molar-refractivity contribution in [1.82, 2.24) is 0 Å². The van der Waals surface area contributed by atoms with Gasteiger partial charge in [-0.2, -0.15) is 26.3 Å². The molecule has 0 fully saturated rings. The zero-order valence-corrected chi connectivity index (χ0v) is 11.1. The molecule has 0 bridgehead atoms. The van der Waals surface area contributed by atoms with E-state index in [1.165, 1.54) is 13.0 Å². The predicted molar refractivity (Wildman–Crippen MR) is 64.8 cm³/mol. The summed E-state index contributed by atoms with van der Waals surface area (Å²) in [6, 6.07) is 2.20. The largest absolute Gasteiger partial charge is 0.409 e. The van der Waals surface area contributed by atoms with E-state index in [4.69, 9.17) is 17.3 Å². The molecule has 0 saturated carbocycles. The van der Waals surface area contributed by atoms with Crippen LogP contribution in [0, 0.1) is 12.8 Å². The first-order valence-corrected chi connectivity index (χ1v) is 5.71. The summed E-state index contributed by atoms with van der Waals surface area (Å²) in [6.45, 7) is 1.35. The van der Waals surface area contributed by atoms with E-state index in [9.17, 15) is 31.1 Å². The Balaban J connectivity index is 3.12. The summed E-state index contributed by atoms with van der Waals surface area (Å²) in [7, 11) is 0. The maximum Gasteiger partial charge on any atom is 0.409 e.